The van der Waals surface area contributed by atoms with E-state index < -0.39 is 0 Å². The Labute approximate surface area is 83.0 Å². The van der Waals surface area contributed by atoms with Crippen LogP contribution in [0.5, 0.6) is 11.5 Å². The van der Waals surface area contributed by atoms with Crippen molar-refractivity contribution in [2.24, 2.45) is 0 Å². The summed E-state index contributed by atoms with van der Waals surface area (Å²) in [7, 11) is 0. The normalized spacial score (nSPS) is 18.7. The monoisotopic (exact) mass is 191 g/mol. The van der Waals surface area contributed by atoms with Crippen molar-refractivity contribution in [3.63, 3.8) is 0 Å². The van der Waals surface area contributed by atoms with Crippen LogP contribution in [-0.4, -0.2) is 18.3 Å². The minimum absolute atomic E-state index is 0.212. The zero-order chi connectivity index (χ0) is 9.97. The highest BCUT2D eigenvalue weighted by Crippen LogP contribution is 2.34. The molecule has 1 aromatic carbocycles. The summed E-state index contributed by atoms with van der Waals surface area (Å²) in [6, 6.07) is 5.42. The standard InChI is InChI=1S/C11H13NO2/c1-2-5-12-10-7-14-11-6-8(13)3-4-9(10)11/h2-4,6,10,12-13H,1,5,7H2. The Kier molecular flexibility index (Phi) is 2.41. The average molecular weight is 191 g/mol. The van der Waals surface area contributed by atoms with Gasteiger partial charge in [-0.15, -0.1) is 6.58 Å². The lowest BCUT2D eigenvalue weighted by Crippen LogP contribution is -2.22. The minimum atomic E-state index is 0.212. The van der Waals surface area contributed by atoms with Crippen molar-refractivity contribution in [3.8, 4) is 11.5 Å². The van der Waals surface area contributed by atoms with E-state index in [2.05, 4.69) is 11.9 Å². The fourth-order valence-corrected chi connectivity index (χ4v) is 1.59. The van der Waals surface area contributed by atoms with Crippen LogP contribution in [0.1, 0.15) is 11.6 Å². The molecule has 2 N–H and O–H groups in total. The smallest absolute Gasteiger partial charge is 0.127 e. The fourth-order valence-electron chi connectivity index (χ4n) is 1.59. The molecule has 3 heteroatoms. The maximum Gasteiger partial charge on any atom is 0.127 e. The molecule has 74 valence electrons. The Bertz CT molecular complexity index is 349. The Hall–Kier alpha value is -1.48. The molecule has 0 fully saturated rings. The maximum absolute atomic E-state index is 9.24. The largest absolute Gasteiger partial charge is 0.508 e. The second-order valence-corrected chi connectivity index (χ2v) is 3.28. The summed E-state index contributed by atoms with van der Waals surface area (Å²) in [5.41, 5.74) is 1.10. The number of nitrogens with one attached hydrogen (secondary N) is 1. The van der Waals surface area contributed by atoms with E-state index in [4.69, 9.17) is 4.74 Å². The molecule has 1 unspecified atom stereocenters. The van der Waals surface area contributed by atoms with E-state index in [0.717, 1.165) is 17.9 Å². The Balaban J connectivity index is 2.18. The number of phenolic OH excluding ortho intramolecular Hbond substituents is 1. The van der Waals surface area contributed by atoms with E-state index in [1.54, 1.807) is 12.1 Å². The van der Waals surface area contributed by atoms with Gasteiger partial charge >= 0.3 is 0 Å². The molecule has 0 amide bonds. The molecule has 1 aliphatic rings. The zero-order valence-electron chi connectivity index (χ0n) is 7.86. The van der Waals surface area contributed by atoms with Crippen LogP contribution >= 0.6 is 0 Å². The van der Waals surface area contributed by atoms with Gasteiger partial charge in [-0.05, 0) is 12.1 Å². The molecule has 0 saturated carbocycles. The number of rotatable bonds is 3. The summed E-state index contributed by atoms with van der Waals surface area (Å²) in [5.74, 6) is 1.01. The molecule has 0 saturated heterocycles. The number of benzene rings is 1. The van der Waals surface area contributed by atoms with Gasteiger partial charge in [-0.3, -0.25) is 0 Å². The van der Waals surface area contributed by atoms with E-state index in [1.807, 2.05) is 12.1 Å². The minimum Gasteiger partial charge on any atom is -0.508 e. The molecule has 0 radical (unpaired) electrons. The van der Waals surface area contributed by atoms with Gasteiger partial charge in [0.2, 0.25) is 0 Å². The highest BCUT2D eigenvalue weighted by Gasteiger charge is 2.23. The molecule has 1 atom stereocenters. The third-order valence-electron chi connectivity index (χ3n) is 2.29. The first-order valence-electron chi connectivity index (χ1n) is 4.61. The van der Waals surface area contributed by atoms with Crippen LogP contribution in [0.4, 0.5) is 0 Å². The van der Waals surface area contributed by atoms with Crippen molar-refractivity contribution in [3.05, 3.63) is 36.4 Å². The Morgan fingerprint density at radius 3 is 3.29 bits per heavy atom. The molecular formula is C11H13NO2. The summed E-state index contributed by atoms with van der Waals surface area (Å²) < 4.78 is 5.43. The predicted molar refractivity (Wildman–Crippen MR) is 54.5 cm³/mol. The molecule has 1 heterocycles. The molecular weight excluding hydrogens is 178 g/mol. The fraction of sp³-hybridized carbons (Fsp3) is 0.273. The first-order valence-corrected chi connectivity index (χ1v) is 4.61. The Morgan fingerprint density at radius 2 is 2.50 bits per heavy atom. The van der Waals surface area contributed by atoms with Gasteiger partial charge in [0.1, 0.15) is 18.1 Å². The van der Waals surface area contributed by atoms with Crippen molar-refractivity contribution in [2.75, 3.05) is 13.2 Å². The highest BCUT2D eigenvalue weighted by atomic mass is 16.5. The number of ether oxygens (including phenoxy) is 1. The molecule has 0 aromatic heterocycles. The number of fused-ring (bicyclic) bond motifs is 1. The van der Waals surface area contributed by atoms with Gasteiger partial charge in [0, 0.05) is 18.2 Å². The average Bonchev–Trinajstić information content (AvgIpc) is 2.57. The van der Waals surface area contributed by atoms with Gasteiger partial charge in [0.05, 0.1) is 6.04 Å². The van der Waals surface area contributed by atoms with Crippen LogP contribution in [-0.2, 0) is 0 Å². The van der Waals surface area contributed by atoms with Crippen LogP contribution in [0.3, 0.4) is 0 Å². The van der Waals surface area contributed by atoms with Gasteiger partial charge in [-0.25, -0.2) is 0 Å². The van der Waals surface area contributed by atoms with Gasteiger partial charge in [0.15, 0.2) is 0 Å². The van der Waals surface area contributed by atoms with E-state index in [1.165, 1.54) is 0 Å². The van der Waals surface area contributed by atoms with Crippen molar-refractivity contribution < 1.29 is 9.84 Å². The molecule has 3 nitrogen and oxygen atoms in total. The van der Waals surface area contributed by atoms with Gasteiger partial charge < -0.3 is 15.2 Å². The van der Waals surface area contributed by atoms with E-state index in [-0.39, 0.29) is 11.8 Å². The lowest BCUT2D eigenvalue weighted by Gasteiger charge is -2.08. The van der Waals surface area contributed by atoms with Gasteiger partial charge in [0.25, 0.3) is 0 Å². The van der Waals surface area contributed by atoms with Crippen molar-refractivity contribution in [1.82, 2.24) is 5.32 Å². The topological polar surface area (TPSA) is 41.5 Å². The first kappa shape index (κ1) is 9.09. The lowest BCUT2D eigenvalue weighted by atomic mass is 10.1. The zero-order valence-corrected chi connectivity index (χ0v) is 7.86. The Morgan fingerprint density at radius 1 is 1.64 bits per heavy atom. The van der Waals surface area contributed by atoms with Crippen molar-refractivity contribution in [2.45, 2.75) is 6.04 Å². The van der Waals surface area contributed by atoms with E-state index in [0.29, 0.717) is 6.61 Å². The highest BCUT2D eigenvalue weighted by molar-refractivity contribution is 5.44. The predicted octanol–water partition coefficient (Wildman–Crippen LogP) is 1.60. The van der Waals surface area contributed by atoms with Crippen LogP contribution < -0.4 is 10.1 Å². The second kappa shape index (κ2) is 3.72. The van der Waals surface area contributed by atoms with Crippen LogP contribution in [0.2, 0.25) is 0 Å². The summed E-state index contributed by atoms with van der Waals surface area (Å²) >= 11 is 0. The van der Waals surface area contributed by atoms with Crippen molar-refractivity contribution in [1.29, 1.82) is 0 Å². The van der Waals surface area contributed by atoms with E-state index in [9.17, 15) is 5.11 Å². The summed E-state index contributed by atoms with van der Waals surface area (Å²) in [6.07, 6.45) is 1.82. The number of phenols is 1. The van der Waals surface area contributed by atoms with Crippen LogP contribution in [0, 0.1) is 0 Å². The van der Waals surface area contributed by atoms with Crippen LogP contribution in [0.15, 0.2) is 30.9 Å². The third kappa shape index (κ3) is 1.59. The third-order valence-corrected chi connectivity index (χ3v) is 2.29. The second-order valence-electron chi connectivity index (χ2n) is 3.28. The molecule has 0 bridgehead atoms. The summed E-state index contributed by atoms with van der Waals surface area (Å²) in [6.45, 7) is 5.02. The quantitative estimate of drug-likeness (QED) is 0.713. The maximum atomic E-state index is 9.24. The molecule has 0 spiro atoms. The van der Waals surface area contributed by atoms with Crippen LogP contribution in [0.25, 0.3) is 0 Å². The first-order chi connectivity index (χ1) is 6.81. The summed E-state index contributed by atoms with van der Waals surface area (Å²) in [4.78, 5) is 0. The van der Waals surface area contributed by atoms with E-state index >= 15 is 0 Å². The lowest BCUT2D eigenvalue weighted by molar-refractivity contribution is 0.314. The summed E-state index contributed by atoms with van der Waals surface area (Å²) in [5, 5.41) is 12.5. The van der Waals surface area contributed by atoms with Gasteiger partial charge in [-0.2, -0.15) is 0 Å². The molecule has 14 heavy (non-hydrogen) atoms. The van der Waals surface area contributed by atoms with Gasteiger partial charge in [-0.1, -0.05) is 6.08 Å². The number of hydrogen-bond acceptors (Lipinski definition) is 3. The molecule has 0 aliphatic carbocycles. The van der Waals surface area contributed by atoms with Crippen molar-refractivity contribution >= 4 is 0 Å². The SMILES string of the molecule is C=CCNC1COc2cc(O)ccc21. The number of hydrogen-bond donors (Lipinski definition) is 2. The molecule has 1 aromatic rings. The molecule has 2 rings (SSSR count). The number of aromatic hydroxyl groups is 1. The molecule has 1 aliphatic heterocycles.